The molecule has 112 valence electrons. The highest BCUT2D eigenvalue weighted by Gasteiger charge is 2.30. The zero-order valence-electron chi connectivity index (χ0n) is 13.4. The average molecular weight is 301 g/mol. The third-order valence-corrected chi connectivity index (χ3v) is 12.4. The van der Waals surface area contributed by atoms with Crippen molar-refractivity contribution in [3.8, 4) is 0 Å². The van der Waals surface area contributed by atoms with Crippen molar-refractivity contribution < 1.29 is 0 Å². The van der Waals surface area contributed by atoms with Gasteiger partial charge in [-0.1, -0.05) is 43.5 Å². The molecule has 19 heavy (non-hydrogen) atoms. The van der Waals surface area contributed by atoms with Gasteiger partial charge in [0.1, 0.15) is 0 Å². The SMILES string of the molecule is C[C@@H]1CC[C@@H](C)P1CCNCCP1[C@H](C)CC[C@H]1C. The van der Waals surface area contributed by atoms with Crippen LogP contribution in [0.5, 0.6) is 0 Å². The number of hydrogen-bond acceptors (Lipinski definition) is 1. The lowest BCUT2D eigenvalue weighted by atomic mass is 10.2. The van der Waals surface area contributed by atoms with Gasteiger partial charge < -0.3 is 5.32 Å². The monoisotopic (exact) mass is 301 g/mol. The molecule has 2 aliphatic heterocycles. The molecule has 2 fully saturated rings. The van der Waals surface area contributed by atoms with Gasteiger partial charge in [0.2, 0.25) is 0 Å². The summed E-state index contributed by atoms with van der Waals surface area (Å²) in [6.07, 6.45) is 8.92. The van der Waals surface area contributed by atoms with Gasteiger partial charge in [-0.15, -0.1) is 0 Å². The molecule has 0 unspecified atom stereocenters. The standard InChI is InChI=1S/C16H33NP2/c1-13-5-6-14(2)18(13)11-9-17-10-12-19-15(3)7-8-16(19)4/h13-17H,5-12H2,1-4H3/t13-,14-,15-,16-/m1/s1. The maximum atomic E-state index is 3.75. The quantitative estimate of drug-likeness (QED) is 0.555. The van der Waals surface area contributed by atoms with Gasteiger partial charge in [0.15, 0.2) is 0 Å². The van der Waals surface area contributed by atoms with Crippen LogP contribution in [0.15, 0.2) is 0 Å². The van der Waals surface area contributed by atoms with Gasteiger partial charge in [-0.05, 0) is 73.7 Å². The van der Waals surface area contributed by atoms with Gasteiger partial charge in [0, 0.05) is 0 Å². The highest BCUT2D eigenvalue weighted by Crippen LogP contribution is 2.55. The average Bonchev–Trinajstić information content (AvgIpc) is 2.86. The van der Waals surface area contributed by atoms with Gasteiger partial charge in [-0.3, -0.25) is 0 Å². The second-order valence-electron chi connectivity index (χ2n) is 6.78. The zero-order chi connectivity index (χ0) is 13.8. The van der Waals surface area contributed by atoms with Gasteiger partial charge in [0.05, 0.1) is 0 Å². The smallest absolute Gasteiger partial charge is 0.000917 e. The van der Waals surface area contributed by atoms with E-state index in [0.29, 0.717) is 15.8 Å². The van der Waals surface area contributed by atoms with Gasteiger partial charge >= 0.3 is 0 Å². The Morgan fingerprint density at radius 1 is 0.684 bits per heavy atom. The second kappa shape index (κ2) is 7.72. The first-order chi connectivity index (χ1) is 9.09. The molecule has 0 radical (unpaired) electrons. The van der Waals surface area contributed by atoms with E-state index >= 15 is 0 Å². The summed E-state index contributed by atoms with van der Waals surface area (Å²) in [5, 5.41) is 3.75. The first-order valence-corrected chi connectivity index (χ1v) is 11.6. The Bertz CT molecular complexity index is 225. The molecule has 0 spiro atoms. The molecule has 0 saturated carbocycles. The normalized spacial score (nSPS) is 37.3. The van der Waals surface area contributed by atoms with Crippen LogP contribution in [0, 0.1) is 0 Å². The van der Waals surface area contributed by atoms with Crippen molar-refractivity contribution in [1.82, 2.24) is 5.32 Å². The summed E-state index contributed by atoms with van der Waals surface area (Å²) < 4.78 is 0. The lowest BCUT2D eigenvalue weighted by Gasteiger charge is -2.23. The van der Waals surface area contributed by atoms with E-state index in [1.165, 1.54) is 51.1 Å². The minimum atomic E-state index is 0.331. The van der Waals surface area contributed by atoms with Crippen LogP contribution in [-0.2, 0) is 0 Å². The third-order valence-electron chi connectivity index (χ3n) is 5.36. The van der Waals surface area contributed by atoms with Crippen LogP contribution in [0.4, 0.5) is 0 Å². The first kappa shape index (κ1) is 16.2. The van der Waals surface area contributed by atoms with E-state index in [9.17, 15) is 0 Å². The van der Waals surface area contributed by atoms with Crippen molar-refractivity contribution in [3.05, 3.63) is 0 Å². The molecule has 0 aliphatic carbocycles. The third kappa shape index (κ3) is 4.39. The van der Waals surface area contributed by atoms with Gasteiger partial charge in [-0.25, -0.2) is 0 Å². The summed E-state index contributed by atoms with van der Waals surface area (Å²) in [7, 11) is 0.662. The van der Waals surface area contributed by atoms with Crippen molar-refractivity contribution in [2.75, 3.05) is 25.4 Å². The Morgan fingerprint density at radius 2 is 1.00 bits per heavy atom. The highest BCUT2D eigenvalue weighted by atomic mass is 31.1. The van der Waals surface area contributed by atoms with Crippen LogP contribution < -0.4 is 5.32 Å². The molecular weight excluding hydrogens is 268 g/mol. The van der Waals surface area contributed by atoms with E-state index in [0.717, 1.165) is 22.6 Å². The number of nitrogens with one attached hydrogen (secondary N) is 1. The van der Waals surface area contributed by atoms with Crippen molar-refractivity contribution in [2.45, 2.75) is 76.0 Å². The Morgan fingerprint density at radius 3 is 1.32 bits per heavy atom. The maximum absolute atomic E-state index is 3.75. The Hall–Kier alpha value is 0.820. The van der Waals surface area contributed by atoms with E-state index in [2.05, 4.69) is 33.0 Å². The molecule has 2 saturated heterocycles. The molecule has 2 rings (SSSR count). The van der Waals surface area contributed by atoms with E-state index < -0.39 is 0 Å². The predicted molar refractivity (Wildman–Crippen MR) is 92.8 cm³/mol. The first-order valence-electron chi connectivity index (χ1n) is 8.31. The van der Waals surface area contributed by atoms with E-state index in [1.807, 2.05) is 0 Å². The van der Waals surface area contributed by atoms with Crippen LogP contribution in [0.25, 0.3) is 0 Å². The fourth-order valence-corrected chi connectivity index (χ4v) is 10.2. The van der Waals surface area contributed by atoms with Crippen molar-refractivity contribution in [1.29, 1.82) is 0 Å². The molecule has 3 heteroatoms. The molecule has 2 aliphatic rings. The lowest BCUT2D eigenvalue weighted by Crippen LogP contribution is -2.23. The molecule has 2 heterocycles. The maximum Gasteiger partial charge on any atom is -0.000917 e. The molecule has 1 nitrogen and oxygen atoms in total. The summed E-state index contributed by atoms with van der Waals surface area (Å²) in [5.74, 6) is 0. The predicted octanol–water partition coefficient (Wildman–Crippen LogP) is 4.68. The molecule has 1 N–H and O–H groups in total. The van der Waals surface area contributed by atoms with Crippen LogP contribution in [-0.4, -0.2) is 48.0 Å². The van der Waals surface area contributed by atoms with Crippen molar-refractivity contribution in [3.63, 3.8) is 0 Å². The molecule has 0 aromatic rings. The highest BCUT2D eigenvalue weighted by molar-refractivity contribution is 7.59. The van der Waals surface area contributed by atoms with Gasteiger partial charge in [0.25, 0.3) is 0 Å². The largest absolute Gasteiger partial charge is 0.316 e. The van der Waals surface area contributed by atoms with Crippen LogP contribution >= 0.6 is 15.8 Å². The summed E-state index contributed by atoms with van der Waals surface area (Å²) in [6, 6.07) is 0. The lowest BCUT2D eigenvalue weighted by molar-refractivity contribution is 0.764. The fraction of sp³-hybridized carbons (Fsp3) is 1.00. The van der Waals surface area contributed by atoms with Crippen molar-refractivity contribution in [2.24, 2.45) is 0 Å². The molecular formula is C16H33NP2. The molecule has 4 atom stereocenters. The molecule has 0 aromatic heterocycles. The Kier molecular flexibility index (Phi) is 6.58. The van der Waals surface area contributed by atoms with E-state index in [4.69, 9.17) is 0 Å². The van der Waals surface area contributed by atoms with Crippen LogP contribution in [0.1, 0.15) is 53.4 Å². The van der Waals surface area contributed by atoms with E-state index in [-0.39, 0.29) is 0 Å². The molecule has 0 bridgehead atoms. The Balaban J connectivity index is 1.57. The fourth-order valence-electron chi connectivity index (χ4n) is 3.92. The van der Waals surface area contributed by atoms with Gasteiger partial charge in [-0.2, -0.15) is 0 Å². The van der Waals surface area contributed by atoms with Crippen LogP contribution in [0.2, 0.25) is 0 Å². The molecule has 0 aromatic carbocycles. The summed E-state index contributed by atoms with van der Waals surface area (Å²) in [4.78, 5) is 0. The van der Waals surface area contributed by atoms with Crippen molar-refractivity contribution >= 4 is 15.8 Å². The molecule has 0 amide bonds. The Labute approximate surface area is 123 Å². The van der Waals surface area contributed by atoms with E-state index in [1.54, 1.807) is 0 Å². The van der Waals surface area contributed by atoms with Crippen LogP contribution in [0.3, 0.4) is 0 Å². The summed E-state index contributed by atoms with van der Waals surface area (Å²) >= 11 is 0. The number of hydrogen-bond donors (Lipinski definition) is 1. The zero-order valence-corrected chi connectivity index (χ0v) is 15.1. The second-order valence-corrected chi connectivity index (χ2v) is 13.3. The minimum absolute atomic E-state index is 0.331. The number of rotatable bonds is 6. The summed E-state index contributed by atoms with van der Waals surface area (Å²) in [6.45, 7) is 12.5. The summed E-state index contributed by atoms with van der Waals surface area (Å²) in [5.41, 5.74) is 4.13. The minimum Gasteiger partial charge on any atom is -0.316 e. The topological polar surface area (TPSA) is 12.0 Å².